The van der Waals surface area contributed by atoms with Crippen molar-refractivity contribution in [2.24, 2.45) is 0 Å². The Bertz CT molecular complexity index is 808. The minimum atomic E-state index is -3.64. The third-order valence-corrected chi connectivity index (χ3v) is 5.61. The molecule has 0 saturated heterocycles. The van der Waals surface area contributed by atoms with E-state index in [0.717, 1.165) is 12.8 Å². The summed E-state index contributed by atoms with van der Waals surface area (Å²) in [6.07, 6.45) is 4.85. The topological polar surface area (TPSA) is 64.6 Å². The summed E-state index contributed by atoms with van der Waals surface area (Å²) in [7, 11) is -3.64. The summed E-state index contributed by atoms with van der Waals surface area (Å²) in [5.74, 6) is 1.42. The molecule has 0 atom stereocenters. The van der Waals surface area contributed by atoms with Crippen LogP contribution in [0.2, 0.25) is 0 Å². The number of anilines is 1. The van der Waals surface area contributed by atoms with E-state index >= 15 is 0 Å². The largest absolute Gasteiger partial charge is 0.491 e. The van der Waals surface area contributed by atoms with Crippen molar-refractivity contribution in [3.8, 4) is 11.5 Å². The number of rotatable bonds is 7. The van der Waals surface area contributed by atoms with Crippen molar-refractivity contribution in [2.75, 3.05) is 4.72 Å². The average molecular weight is 375 g/mol. The second-order valence-electron chi connectivity index (χ2n) is 6.79. The summed E-state index contributed by atoms with van der Waals surface area (Å²) in [6, 6.07) is 13.4. The van der Waals surface area contributed by atoms with Gasteiger partial charge in [-0.3, -0.25) is 4.72 Å². The predicted octanol–water partition coefficient (Wildman–Crippen LogP) is 4.60. The third kappa shape index (κ3) is 4.91. The van der Waals surface area contributed by atoms with Crippen LogP contribution in [0.15, 0.2) is 53.4 Å². The predicted molar refractivity (Wildman–Crippen MR) is 102 cm³/mol. The quantitative estimate of drug-likeness (QED) is 0.768. The molecule has 1 N–H and O–H groups in total. The lowest BCUT2D eigenvalue weighted by molar-refractivity contribution is 0.210. The van der Waals surface area contributed by atoms with Crippen LogP contribution in [0.5, 0.6) is 11.5 Å². The number of sulfonamides is 1. The summed E-state index contributed by atoms with van der Waals surface area (Å²) >= 11 is 0. The van der Waals surface area contributed by atoms with Gasteiger partial charge < -0.3 is 9.47 Å². The highest BCUT2D eigenvalue weighted by Crippen LogP contribution is 2.26. The molecule has 0 spiro atoms. The molecule has 6 heteroatoms. The maximum absolute atomic E-state index is 12.5. The lowest BCUT2D eigenvalue weighted by Crippen LogP contribution is -2.14. The van der Waals surface area contributed by atoms with Crippen LogP contribution >= 0.6 is 0 Å². The first-order chi connectivity index (χ1) is 12.4. The van der Waals surface area contributed by atoms with Gasteiger partial charge in [-0.05, 0) is 88.1 Å². The van der Waals surface area contributed by atoms with Gasteiger partial charge in [0.1, 0.15) is 11.5 Å². The summed E-state index contributed by atoms with van der Waals surface area (Å²) in [4.78, 5) is 0.207. The van der Waals surface area contributed by atoms with E-state index in [-0.39, 0.29) is 17.1 Å². The molecule has 140 valence electrons. The molecule has 0 radical (unpaired) electrons. The summed E-state index contributed by atoms with van der Waals surface area (Å²) < 4.78 is 39.1. The van der Waals surface area contributed by atoms with Crippen LogP contribution in [0.1, 0.15) is 39.5 Å². The summed E-state index contributed by atoms with van der Waals surface area (Å²) in [5.41, 5.74) is 0.493. The van der Waals surface area contributed by atoms with Crippen molar-refractivity contribution in [3.05, 3.63) is 48.5 Å². The van der Waals surface area contributed by atoms with Crippen molar-refractivity contribution in [2.45, 2.75) is 56.6 Å². The maximum Gasteiger partial charge on any atom is 0.261 e. The van der Waals surface area contributed by atoms with E-state index in [1.54, 1.807) is 48.5 Å². The molecule has 5 nitrogen and oxygen atoms in total. The van der Waals surface area contributed by atoms with Gasteiger partial charge in [-0.25, -0.2) is 8.42 Å². The highest BCUT2D eigenvalue weighted by Gasteiger charge is 2.18. The van der Waals surface area contributed by atoms with E-state index in [2.05, 4.69) is 4.72 Å². The highest BCUT2D eigenvalue weighted by atomic mass is 32.2. The second kappa shape index (κ2) is 7.99. The van der Waals surface area contributed by atoms with Crippen molar-refractivity contribution >= 4 is 15.7 Å². The number of hydrogen-bond acceptors (Lipinski definition) is 4. The Labute approximate surface area is 155 Å². The molecule has 0 aliphatic heterocycles. The second-order valence-corrected chi connectivity index (χ2v) is 8.47. The average Bonchev–Trinajstić information content (AvgIpc) is 3.09. The molecule has 0 amide bonds. The molecular weight excluding hydrogens is 350 g/mol. The van der Waals surface area contributed by atoms with Crippen LogP contribution in [-0.2, 0) is 10.0 Å². The van der Waals surface area contributed by atoms with Crippen LogP contribution in [0.3, 0.4) is 0 Å². The van der Waals surface area contributed by atoms with Crippen LogP contribution in [0, 0.1) is 0 Å². The highest BCUT2D eigenvalue weighted by molar-refractivity contribution is 7.92. The van der Waals surface area contributed by atoms with Crippen molar-refractivity contribution < 1.29 is 17.9 Å². The van der Waals surface area contributed by atoms with Crippen LogP contribution < -0.4 is 14.2 Å². The van der Waals surface area contributed by atoms with Gasteiger partial charge in [-0.2, -0.15) is 0 Å². The Morgan fingerprint density at radius 1 is 0.923 bits per heavy atom. The van der Waals surface area contributed by atoms with Crippen LogP contribution in [0.4, 0.5) is 5.69 Å². The fraction of sp³-hybridized carbons (Fsp3) is 0.400. The first-order valence-corrected chi connectivity index (χ1v) is 10.5. The Hall–Kier alpha value is -2.21. The van der Waals surface area contributed by atoms with E-state index in [1.165, 1.54) is 12.8 Å². The minimum absolute atomic E-state index is 0.0718. The van der Waals surface area contributed by atoms with Gasteiger partial charge in [0.25, 0.3) is 10.0 Å². The molecule has 2 aromatic carbocycles. The Kier molecular flexibility index (Phi) is 5.71. The lowest BCUT2D eigenvalue weighted by Gasteiger charge is -2.14. The van der Waals surface area contributed by atoms with Gasteiger partial charge in [-0.1, -0.05) is 0 Å². The third-order valence-electron chi connectivity index (χ3n) is 4.22. The summed E-state index contributed by atoms with van der Waals surface area (Å²) in [5, 5.41) is 0. The van der Waals surface area contributed by atoms with Crippen LogP contribution in [0.25, 0.3) is 0 Å². The molecule has 0 heterocycles. The zero-order valence-corrected chi connectivity index (χ0v) is 16.0. The van der Waals surface area contributed by atoms with Gasteiger partial charge >= 0.3 is 0 Å². The fourth-order valence-corrected chi connectivity index (χ4v) is 4.04. The van der Waals surface area contributed by atoms with E-state index < -0.39 is 10.0 Å². The van der Waals surface area contributed by atoms with Gasteiger partial charge in [-0.15, -0.1) is 0 Å². The van der Waals surface area contributed by atoms with E-state index in [4.69, 9.17) is 9.47 Å². The number of ether oxygens (including phenoxy) is 2. The lowest BCUT2D eigenvalue weighted by atomic mass is 10.3. The van der Waals surface area contributed by atoms with Gasteiger partial charge in [0.2, 0.25) is 0 Å². The van der Waals surface area contributed by atoms with Gasteiger partial charge in [0.05, 0.1) is 17.1 Å². The number of benzene rings is 2. The number of hydrogen-bond donors (Lipinski definition) is 1. The Morgan fingerprint density at radius 2 is 1.50 bits per heavy atom. The van der Waals surface area contributed by atoms with Crippen LogP contribution in [-0.4, -0.2) is 20.6 Å². The molecular formula is C20H25NO4S. The molecule has 1 aliphatic carbocycles. The van der Waals surface area contributed by atoms with Crippen molar-refractivity contribution in [1.29, 1.82) is 0 Å². The first-order valence-electron chi connectivity index (χ1n) is 8.99. The van der Waals surface area contributed by atoms with Gasteiger partial charge in [0, 0.05) is 5.69 Å². The molecule has 0 unspecified atom stereocenters. The molecule has 1 aliphatic rings. The van der Waals surface area contributed by atoms with Crippen molar-refractivity contribution in [3.63, 3.8) is 0 Å². The van der Waals surface area contributed by atoms with E-state index in [1.807, 2.05) is 13.8 Å². The van der Waals surface area contributed by atoms with E-state index in [9.17, 15) is 8.42 Å². The minimum Gasteiger partial charge on any atom is -0.491 e. The molecule has 26 heavy (non-hydrogen) atoms. The van der Waals surface area contributed by atoms with E-state index in [0.29, 0.717) is 17.2 Å². The molecule has 1 fully saturated rings. The molecule has 0 aromatic heterocycles. The molecule has 1 saturated carbocycles. The zero-order chi connectivity index (χ0) is 18.6. The smallest absolute Gasteiger partial charge is 0.261 e. The number of nitrogens with one attached hydrogen (secondary N) is 1. The summed E-state index contributed by atoms with van der Waals surface area (Å²) in [6.45, 7) is 3.88. The molecule has 2 aromatic rings. The zero-order valence-electron chi connectivity index (χ0n) is 15.1. The first kappa shape index (κ1) is 18.6. The normalized spacial score (nSPS) is 15.2. The SMILES string of the molecule is CC(C)Oc1ccc(NS(=O)(=O)c2ccc(OC3CCCC3)cc2)cc1. The maximum atomic E-state index is 12.5. The molecule has 0 bridgehead atoms. The fourth-order valence-electron chi connectivity index (χ4n) is 2.98. The molecule has 3 rings (SSSR count). The Morgan fingerprint density at radius 3 is 2.08 bits per heavy atom. The van der Waals surface area contributed by atoms with Crippen molar-refractivity contribution in [1.82, 2.24) is 0 Å². The Balaban J connectivity index is 1.65. The van der Waals surface area contributed by atoms with Gasteiger partial charge in [0.15, 0.2) is 0 Å². The standard InChI is InChI=1S/C20H25NO4S/c1-15(2)24-18-9-7-16(8-10-18)21-26(22,23)20-13-11-19(12-14-20)25-17-5-3-4-6-17/h7-15,17,21H,3-6H2,1-2H3. The monoisotopic (exact) mass is 375 g/mol.